The molecule has 0 aromatic heterocycles. The molecule has 2 amide bonds. The van der Waals surface area contributed by atoms with Crippen molar-refractivity contribution in [1.29, 1.82) is 0 Å². The van der Waals surface area contributed by atoms with Gasteiger partial charge in [0.15, 0.2) is 0 Å². The van der Waals surface area contributed by atoms with E-state index in [-0.39, 0.29) is 37.0 Å². The van der Waals surface area contributed by atoms with E-state index >= 15 is 0 Å². The third-order valence-corrected chi connectivity index (χ3v) is 8.21. The molecule has 3 rings (SSSR count). The number of carbonyl (C=O) groups excluding carboxylic acids is 3. The van der Waals surface area contributed by atoms with E-state index in [1.54, 1.807) is 11.0 Å². The molecule has 0 aromatic carbocycles. The van der Waals surface area contributed by atoms with Crippen LogP contribution >= 0.6 is 0 Å². The van der Waals surface area contributed by atoms with E-state index in [4.69, 9.17) is 9.47 Å². The van der Waals surface area contributed by atoms with Crippen LogP contribution in [0, 0.1) is 17.8 Å². The summed E-state index contributed by atoms with van der Waals surface area (Å²) in [5, 5.41) is 10.3. The number of hydrogen-bond donors (Lipinski definition) is 1. The maximum atomic E-state index is 14.3. The number of aliphatic hydroxyl groups excluding tert-OH is 1. The van der Waals surface area contributed by atoms with E-state index in [0.29, 0.717) is 19.4 Å². The molecule has 0 aliphatic carbocycles. The fourth-order valence-electron chi connectivity index (χ4n) is 6.57. The fraction of sp³-hybridized carbons (Fsp3) is 0.741. The number of aliphatic hydroxyl groups is 1. The molecular weight excluding hydrogens is 448 g/mol. The van der Waals surface area contributed by atoms with Crippen molar-refractivity contribution >= 4 is 17.8 Å². The molecule has 196 valence electrons. The summed E-state index contributed by atoms with van der Waals surface area (Å²) in [5.41, 5.74) is -2.04. The van der Waals surface area contributed by atoms with E-state index in [2.05, 4.69) is 20.1 Å². The molecule has 7 atom stereocenters. The third kappa shape index (κ3) is 4.33. The maximum absolute atomic E-state index is 14.3. The van der Waals surface area contributed by atoms with E-state index in [1.807, 2.05) is 27.7 Å². The van der Waals surface area contributed by atoms with Crippen LogP contribution in [0.15, 0.2) is 25.3 Å². The van der Waals surface area contributed by atoms with E-state index in [9.17, 15) is 19.5 Å². The van der Waals surface area contributed by atoms with Gasteiger partial charge in [0.25, 0.3) is 0 Å². The average molecular weight is 491 g/mol. The smallest absolute Gasteiger partial charge is 0.313 e. The number of rotatable bonds is 12. The van der Waals surface area contributed by atoms with Gasteiger partial charge in [-0.15, -0.1) is 6.58 Å². The molecule has 2 bridgehead atoms. The molecule has 3 saturated heterocycles. The van der Waals surface area contributed by atoms with Crippen molar-refractivity contribution in [3.63, 3.8) is 0 Å². The van der Waals surface area contributed by atoms with Gasteiger partial charge in [-0.3, -0.25) is 14.4 Å². The van der Waals surface area contributed by atoms with Gasteiger partial charge in [0, 0.05) is 12.6 Å². The standard InChI is InChI=1S/C27H42N2O6/c1-8-11-18(6)28(14-9-2)24(32)22-27-13-12-26(7,35-27)21(25(33)34-15-10-3)20(27)23(31)29(22)19(16-30)17(4)5/h9-10,17-22,30H,2-3,8,11-16H2,1,4-7H3/t18?,19-,20-,21-,22?,26+,27?/m0/s1. The van der Waals surface area contributed by atoms with Crippen molar-refractivity contribution in [2.24, 2.45) is 17.8 Å². The predicted molar refractivity (Wildman–Crippen MR) is 132 cm³/mol. The van der Waals surface area contributed by atoms with Crippen molar-refractivity contribution in [2.75, 3.05) is 19.8 Å². The molecule has 3 aliphatic heterocycles. The van der Waals surface area contributed by atoms with Crippen molar-refractivity contribution in [2.45, 2.75) is 89.6 Å². The van der Waals surface area contributed by atoms with Gasteiger partial charge in [0.05, 0.1) is 24.2 Å². The van der Waals surface area contributed by atoms with E-state index in [1.165, 1.54) is 11.0 Å². The number of nitrogens with zero attached hydrogens (tertiary/aromatic N) is 2. The van der Waals surface area contributed by atoms with Crippen LogP contribution in [-0.4, -0.2) is 81.8 Å². The van der Waals surface area contributed by atoms with Crippen LogP contribution < -0.4 is 0 Å². The van der Waals surface area contributed by atoms with Crippen molar-refractivity contribution < 1.29 is 29.0 Å². The Labute approximate surface area is 209 Å². The molecule has 3 heterocycles. The molecule has 3 fully saturated rings. The van der Waals surface area contributed by atoms with Gasteiger partial charge in [0.2, 0.25) is 11.8 Å². The Bertz CT molecular complexity index is 859. The lowest BCUT2D eigenvalue weighted by Gasteiger charge is -2.42. The zero-order valence-corrected chi connectivity index (χ0v) is 21.9. The van der Waals surface area contributed by atoms with Crippen LogP contribution in [-0.2, 0) is 23.9 Å². The van der Waals surface area contributed by atoms with Gasteiger partial charge in [0.1, 0.15) is 24.2 Å². The van der Waals surface area contributed by atoms with Crippen LogP contribution in [0.2, 0.25) is 0 Å². The first kappa shape index (κ1) is 27.4. The third-order valence-electron chi connectivity index (χ3n) is 8.21. The molecule has 8 heteroatoms. The lowest BCUT2D eigenvalue weighted by molar-refractivity contribution is -0.162. The van der Waals surface area contributed by atoms with E-state index < -0.39 is 41.1 Å². The lowest BCUT2D eigenvalue weighted by atomic mass is 9.66. The van der Waals surface area contributed by atoms with Crippen molar-refractivity contribution in [1.82, 2.24) is 9.80 Å². The van der Waals surface area contributed by atoms with Crippen LogP contribution in [0.4, 0.5) is 0 Å². The van der Waals surface area contributed by atoms with Gasteiger partial charge >= 0.3 is 5.97 Å². The topological polar surface area (TPSA) is 96.4 Å². The van der Waals surface area contributed by atoms with Crippen molar-refractivity contribution in [3.05, 3.63) is 25.3 Å². The van der Waals surface area contributed by atoms with Gasteiger partial charge in [-0.05, 0) is 39.0 Å². The van der Waals surface area contributed by atoms with Gasteiger partial charge < -0.3 is 24.4 Å². The van der Waals surface area contributed by atoms with Crippen molar-refractivity contribution in [3.8, 4) is 0 Å². The number of carbonyl (C=O) groups is 3. The highest BCUT2D eigenvalue weighted by atomic mass is 16.6. The predicted octanol–water partition coefficient (Wildman–Crippen LogP) is 2.70. The Balaban J connectivity index is 2.14. The van der Waals surface area contributed by atoms with Crippen LogP contribution in [0.5, 0.6) is 0 Å². The normalized spacial score (nSPS) is 32.9. The molecule has 3 aliphatic rings. The molecule has 1 N–H and O–H groups in total. The Hall–Kier alpha value is -2.19. The first-order chi connectivity index (χ1) is 16.5. The summed E-state index contributed by atoms with van der Waals surface area (Å²) in [6.45, 7) is 17.3. The maximum Gasteiger partial charge on any atom is 0.313 e. The number of amides is 2. The summed E-state index contributed by atoms with van der Waals surface area (Å²) in [5.74, 6) is -2.81. The molecule has 1 spiro atoms. The first-order valence-electron chi connectivity index (χ1n) is 12.9. The molecule has 0 saturated carbocycles. The van der Waals surface area contributed by atoms with Crippen LogP contribution in [0.25, 0.3) is 0 Å². The molecule has 0 aromatic rings. The summed E-state index contributed by atoms with van der Waals surface area (Å²) in [7, 11) is 0. The number of fused-ring (bicyclic) bond motifs is 1. The molecule has 0 radical (unpaired) electrons. The second-order valence-electron chi connectivity index (χ2n) is 10.8. The van der Waals surface area contributed by atoms with Gasteiger partial charge in [-0.25, -0.2) is 0 Å². The minimum atomic E-state index is -1.14. The van der Waals surface area contributed by atoms with Crippen LogP contribution in [0.1, 0.15) is 60.3 Å². The molecule has 3 unspecified atom stereocenters. The Morgan fingerprint density at radius 1 is 1.29 bits per heavy atom. The highest BCUT2D eigenvalue weighted by Gasteiger charge is 2.79. The van der Waals surface area contributed by atoms with Gasteiger partial charge in [-0.2, -0.15) is 0 Å². The first-order valence-corrected chi connectivity index (χ1v) is 12.9. The second kappa shape index (κ2) is 10.4. The highest BCUT2D eigenvalue weighted by molar-refractivity contribution is 5.98. The van der Waals surface area contributed by atoms with Crippen LogP contribution in [0.3, 0.4) is 0 Å². The molecule has 35 heavy (non-hydrogen) atoms. The number of esters is 1. The average Bonchev–Trinajstić information content (AvgIpc) is 3.37. The summed E-state index contributed by atoms with van der Waals surface area (Å²) in [4.78, 5) is 44.9. The quantitative estimate of drug-likeness (QED) is 0.334. The summed E-state index contributed by atoms with van der Waals surface area (Å²) >= 11 is 0. The Morgan fingerprint density at radius 3 is 2.51 bits per heavy atom. The zero-order valence-electron chi connectivity index (χ0n) is 21.9. The number of likely N-dealkylation sites (tertiary alicyclic amines) is 1. The fourth-order valence-corrected chi connectivity index (χ4v) is 6.57. The minimum absolute atomic E-state index is 0.0400. The zero-order chi connectivity index (χ0) is 26.1. The summed E-state index contributed by atoms with van der Waals surface area (Å²) in [6, 6.07) is -1.58. The number of ether oxygens (including phenoxy) is 2. The Kier molecular flexibility index (Phi) is 8.16. The summed E-state index contributed by atoms with van der Waals surface area (Å²) in [6.07, 6.45) is 5.91. The molecule has 8 nitrogen and oxygen atoms in total. The van der Waals surface area contributed by atoms with Gasteiger partial charge in [-0.1, -0.05) is 45.9 Å². The lowest BCUT2D eigenvalue weighted by Crippen LogP contribution is -2.60. The highest BCUT2D eigenvalue weighted by Crippen LogP contribution is 2.64. The van der Waals surface area contributed by atoms with E-state index in [0.717, 1.165) is 12.8 Å². The minimum Gasteiger partial charge on any atom is -0.461 e. The monoisotopic (exact) mass is 490 g/mol. The Morgan fingerprint density at radius 2 is 1.97 bits per heavy atom. The largest absolute Gasteiger partial charge is 0.461 e. The molecular formula is C27H42N2O6. The summed E-state index contributed by atoms with van der Waals surface area (Å²) < 4.78 is 12.0. The SMILES string of the molecule is C=CCOC(=O)[C@@H]1[C@H]2C(=O)N([C@@H](CO)C(C)C)C(C(=O)N(CC=C)C(C)CCC)C23CC[C@@]1(C)O3. The second-order valence-corrected chi connectivity index (χ2v) is 10.8. The number of hydrogen-bond acceptors (Lipinski definition) is 6.